The number of rotatable bonds is 16. The minimum atomic E-state index is -4.42. The third-order valence-corrected chi connectivity index (χ3v) is 9.52. The van der Waals surface area contributed by atoms with Gasteiger partial charge in [-0.05, 0) is 72.1 Å². The second-order valence-corrected chi connectivity index (χ2v) is 13.3. The molecule has 0 radical (unpaired) electrons. The predicted octanol–water partition coefficient (Wildman–Crippen LogP) is 5.39. The smallest absolute Gasteiger partial charge is 0.416 e. The minimum Gasteiger partial charge on any atom is -0.479 e. The number of benzene rings is 4. The van der Waals surface area contributed by atoms with Gasteiger partial charge in [0.05, 0.1) is 16.5 Å². The van der Waals surface area contributed by atoms with E-state index in [9.17, 15) is 41.1 Å². The number of aliphatic hydroxyl groups excluding tert-OH is 2. The summed E-state index contributed by atoms with van der Waals surface area (Å²) in [5.41, 5.74) is 1.66. The molecule has 0 saturated heterocycles. The lowest BCUT2D eigenvalue weighted by Crippen LogP contribution is -2.40. The molecule has 59 heavy (non-hydrogen) atoms. The summed E-state index contributed by atoms with van der Waals surface area (Å²) in [5.74, 6) is -5.41. The van der Waals surface area contributed by atoms with Crippen LogP contribution in [0.3, 0.4) is 0 Å². The SMILES string of the molecule is CCN(CC)CCN(Cc1ccc(-c2ccc(C(F)(F)F)cc2)cc1)C(=O)Cn1c(CCc2cccc(F)c2F)nc(=O)c2ccccc21.O=C(O)[C@H](O)[C@@H](O)C(=O)O. The van der Waals surface area contributed by atoms with Gasteiger partial charge in [-0.15, -0.1) is 0 Å². The van der Waals surface area contributed by atoms with Crippen molar-refractivity contribution in [1.82, 2.24) is 19.4 Å². The van der Waals surface area contributed by atoms with E-state index in [1.165, 1.54) is 24.3 Å². The molecule has 0 fully saturated rings. The van der Waals surface area contributed by atoms with E-state index in [1.54, 1.807) is 33.7 Å². The fourth-order valence-electron chi connectivity index (χ4n) is 6.10. The maximum atomic E-state index is 14.5. The van der Waals surface area contributed by atoms with Crippen molar-refractivity contribution in [2.45, 2.75) is 58.2 Å². The molecule has 1 amide bonds. The summed E-state index contributed by atoms with van der Waals surface area (Å²) in [7, 11) is 0. The van der Waals surface area contributed by atoms with Crippen LogP contribution in [0.4, 0.5) is 22.0 Å². The Morgan fingerprint density at radius 3 is 1.90 bits per heavy atom. The molecule has 17 heteroatoms. The van der Waals surface area contributed by atoms with Crippen LogP contribution in [0.25, 0.3) is 22.0 Å². The largest absolute Gasteiger partial charge is 0.479 e. The Balaban J connectivity index is 0.000000680. The maximum Gasteiger partial charge on any atom is 0.416 e. The monoisotopic (exact) mass is 826 g/mol. The average molecular weight is 827 g/mol. The van der Waals surface area contributed by atoms with Gasteiger partial charge in [0.2, 0.25) is 5.91 Å². The quantitative estimate of drug-likeness (QED) is 0.0945. The number of aromatic nitrogens is 2. The molecule has 5 aromatic rings. The molecule has 1 heterocycles. The number of nitrogens with zero attached hydrogens (tertiary/aromatic N) is 4. The average Bonchev–Trinajstić information content (AvgIpc) is 3.22. The number of hydrogen-bond donors (Lipinski definition) is 4. The number of likely N-dealkylation sites (N-methyl/N-ethyl adjacent to an activating group) is 1. The molecule has 0 aliphatic carbocycles. The standard InChI is InChI=1S/C38H37F5N4O2.C4H6O6/c1-3-45(4-2)22-23-46(24-26-12-14-27(15-13-26)28-16-19-30(20-17-28)38(41,42)43)35(48)25-47-33-11-6-5-9-31(33)37(49)44-34(47)21-18-29-8-7-10-32(39)36(29)40;5-1(3(7)8)2(6)4(9)10/h5-17,19-20H,3-4,18,21-25H2,1-2H3;1-2,5-6H,(H,7,8)(H,9,10)/t;1-,2-/m.1/s1. The van der Waals surface area contributed by atoms with Crippen LogP contribution in [0.2, 0.25) is 0 Å². The highest BCUT2D eigenvalue weighted by atomic mass is 19.4. The van der Waals surface area contributed by atoms with Crippen LogP contribution in [0.15, 0.2) is 95.8 Å². The van der Waals surface area contributed by atoms with Gasteiger partial charge in [-0.2, -0.15) is 18.2 Å². The summed E-state index contributed by atoms with van der Waals surface area (Å²) in [6, 6.07) is 23.1. The van der Waals surface area contributed by atoms with E-state index in [-0.39, 0.29) is 43.2 Å². The Bertz CT molecular complexity index is 2260. The van der Waals surface area contributed by atoms with Crippen molar-refractivity contribution in [1.29, 1.82) is 0 Å². The number of halogens is 5. The molecule has 4 N–H and O–H groups in total. The lowest BCUT2D eigenvalue weighted by molar-refractivity contribution is -0.165. The van der Waals surface area contributed by atoms with Crippen molar-refractivity contribution in [3.63, 3.8) is 0 Å². The summed E-state index contributed by atoms with van der Waals surface area (Å²) in [6.07, 6.45) is -8.78. The number of carboxylic acid groups (broad SMARTS) is 2. The second-order valence-electron chi connectivity index (χ2n) is 13.3. The van der Waals surface area contributed by atoms with Crippen molar-refractivity contribution in [3.05, 3.63) is 135 Å². The number of amides is 1. The van der Waals surface area contributed by atoms with E-state index in [2.05, 4.69) is 9.88 Å². The minimum absolute atomic E-state index is 0.0690. The Kier molecular flexibility index (Phi) is 15.9. The van der Waals surface area contributed by atoms with Crippen LogP contribution in [0.1, 0.15) is 36.4 Å². The number of aliphatic carboxylic acids is 2. The first-order chi connectivity index (χ1) is 27.9. The highest BCUT2D eigenvalue weighted by Gasteiger charge is 2.30. The summed E-state index contributed by atoms with van der Waals surface area (Å²) in [6.45, 7) is 6.85. The molecular weight excluding hydrogens is 783 g/mol. The highest BCUT2D eigenvalue weighted by Crippen LogP contribution is 2.31. The number of hydrogen-bond acceptors (Lipinski definition) is 8. The highest BCUT2D eigenvalue weighted by molar-refractivity contribution is 5.83. The fraction of sp³-hybridized carbons (Fsp3) is 0.310. The van der Waals surface area contributed by atoms with Crippen molar-refractivity contribution < 1.29 is 56.8 Å². The van der Waals surface area contributed by atoms with Crippen LogP contribution in [0.5, 0.6) is 0 Å². The van der Waals surface area contributed by atoms with Gasteiger partial charge in [0.15, 0.2) is 23.8 Å². The molecule has 12 nitrogen and oxygen atoms in total. The predicted molar refractivity (Wildman–Crippen MR) is 207 cm³/mol. The topological polar surface area (TPSA) is 174 Å². The summed E-state index contributed by atoms with van der Waals surface area (Å²) < 4.78 is 69.1. The normalized spacial score (nSPS) is 12.4. The van der Waals surface area contributed by atoms with Crippen molar-refractivity contribution in [3.8, 4) is 11.1 Å². The van der Waals surface area contributed by atoms with Crippen LogP contribution < -0.4 is 5.56 Å². The summed E-state index contributed by atoms with van der Waals surface area (Å²) >= 11 is 0. The third-order valence-electron chi connectivity index (χ3n) is 9.52. The van der Waals surface area contributed by atoms with E-state index >= 15 is 0 Å². The Morgan fingerprint density at radius 2 is 1.34 bits per heavy atom. The molecule has 314 valence electrons. The van der Waals surface area contributed by atoms with E-state index in [4.69, 9.17) is 20.4 Å². The van der Waals surface area contributed by atoms with E-state index in [1.807, 2.05) is 38.1 Å². The number of carbonyl (C=O) groups excluding carboxylic acids is 1. The number of para-hydroxylation sites is 1. The first-order valence-corrected chi connectivity index (χ1v) is 18.4. The van der Waals surface area contributed by atoms with Crippen molar-refractivity contribution in [2.24, 2.45) is 0 Å². The molecule has 0 aliphatic rings. The number of fused-ring (bicyclic) bond motifs is 1. The summed E-state index contributed by atoms with van der Waals surface area (Å²) in [5, 5.41) is 32.9. The van der Waals surface area contributed by atoms with Crippen LogP contribution in [0, 0.1) is 11.6 Å². The molecule has 0 bridgehead atoms. The number of alkyl halides is 3. The molecule has 5 rings (SSSR count). The Morgan fingerprint density at radius 1 is 0.763 bits per heavy atom. The van der Waals surface area contributed by atoms with Gasteiger partial charge in [-0.25, -0.2) is 18.4 Å². The van der Waals surface area contributed by atoms with Crippen LogP contribution in [-0.4, -0.2) is 96.0 Å². The maximum absolute atomic E-state index is 14.5. The van der Waals surface area contributed by atoms with E-state index in [0.717, 1.165) is 42.4 Å². The van der Waals surface area contributed by atoms with Crippen molar-refractivity contribution >= 4 is 28.7 Å². The van der Waals surface area contributed by atoms with Gasteiger partial charge in [0.1, 0.15) is 12.4 Å². The lowest BCUT2D eigenvalue weighted by atomic mass is 10.0. The molecule has 1 aromatic heterocycles. The molecule has 4 aromatic carbocycles. The zero-order chi connectivity index (χ0) is 43.4. The molecule has 0 saturated carbocycles. The van der Waals surface area contributed by atoms with Gasteiger partial charge in [0, 0.05) is 26.1 Å². The van der Waals surface area contributed by atoms with Gasteiger partial charge in [-0.3, -0.25) is 9.59 Å². The van der Waals surface area contributed by atoms with Gasteiger partial charge in [0.25, 0.3) is 5.56 Å². The van der Waals surface area contributed by atoms with Gasteiger partial charge < -0.3 is 34.8 Å². The molecule has 0 unspecified atom stereocenters. The first-order valence-electron chi connectivity index (χ1n) is 18.4. The zero-order valence-electron chi connectivity index (χ0n) is 32.1. The molecule has 0 spiro atoms. The van der Waals surface area contributed by atoms with Gasteiger partial charge >= 0.3 is 18.1 Å². The molecule has 0 aliphatic heterocycles. The fourth-order valence-corrected chi connectivity index (χ4v) is 6.10. The van der Waals surface area contributed by atoms with Crippen LogP contribution in [-0.2, 0) is 46.5 Å². The zero-order valence-corrected chi connectivity index (χ0v) is 32.1. The number of aliphatic hydroxyl groups is 2. The van der Waals surface area contributed by atoms with Crippen molar-refractivity contribution in [2.75, 3.05) is 26.2 Å². The second kappa shape index (κ2) is 20.6. The first kappa shape index (κ1) is 45.7. The van der Waals surface area contributed by atoms with E-state index in [0.29, 0.717) is 29.6 Å². The molecule has 2 atom stereocenters. The Hall–Kier alpha value is -6.04. The number of aryl methyl sites for hydroxylation is 2. The third kappa shape index (κ3) is 12.2. The lowest BCUT2D eigenvalue weighted by Gasteiger charge is -2.28. The molecular formula is C42H43F5N4O8. The summed E-state index contributed by atoms with van der Waals surface area (Å²) in [4.78, 5) is 54.9. The number of carbonyl (C=O) groups is 3. The van der Waals surface area contributed by atoms with Crippen LogP contribution >= 0.6 is 0 Å². The van der Waals surface area contributed by atoms with E-state index < -0.39 is 53.1 Å². The number of carboxylic acids is 2. The van der Waals surface area contributed by atoms with Gasteiger partial charge in [-0.1, -0.05) is 74.5 Å². The Labute approximate surface area is 335 Å².